The number of carbonyl (C=O) groups is 2. The monoisotopic (exact) mass is 366 g/mol. The number of amides is 1. The van der Waals surface area contributed by atoms with E-state index in [9.17, 15) is 9.59 Å². The number of nitrogens with zero attached hydrogens (tertiary/aromatic N) is 2. The largest absolute Gasteiger partial charge is 0.468 e. The fourth-order valence-electron chi connectivity index (χ4n) is 2.60. The smallest absolute Gasteiger partial charge is 0.325 e. The first-order valence-electron chi connectivity index (χ1n) is 8.06. The number of thiazole rings is 1. The molecule has 6 heteroatoms. The van der Waals surface area contributed by atoms with Gasteiger partial charge in [0.05, 0.1) is 17.3 Å². The van der Waals surface area contributed by atoms with Crippen molar-refractivity contribution in [2.75, 3.05) is 7.11 Å². The zero-order chi connectivity index (χ0) is 18.5. The third-order valence-corrected chi connectivity index (χ3v) is 4.89. The number of aromatic nitrogens is 1. The van der Waals surface area contributed by atoms with E-state index in [1.807, 2.05) is 55.5 Å². The number of aryl methyl sites for hydroxylation is 1. The third kappa shape index (κ3) is 3.97. The molecule has 3 aromatic rings. The van der Waals surface area contributed by atoms with E-state index in [2.05, 4.69) is 4.99 Å². The van der Waals surface area contributed by atoms with Gasteiger partial charge in [-0.1, -0.05) is 53.8 Å². The summed E-state index contributed by atoms with van der Waals surface area (Å²) in [4.78, 5) is 28.7. The zero-order valence-corrected chi connectivity index (χ0v) is 15.3. The molecule has 26 heavy (non-hydrogen) atoms. The van der Waals surface area contributed by atoms with Gasteiger partial charge >= 0.3 is 5.97 Å². The number of hydrogen-bond donors (Lipinski definition) is 0. The molecule has 2 aromatic carbocycles. The predicted octanol–water partition coefficient (Wildman–Crippen LogP) is 3.32. The molecule has 0 aliphatic carbocycles. The highest BCUT2D eigenvalue weighted by Gasteiger charge is 2.12. The molecule has 0 aliphatic rings. The van der Waals surface area contributed by atoms with Crippen molar-refractivity contribution >= 4 is 39.5 Å². The van der Waals surface area contributed by atoms with Crippen LogP contribution in [0, 0.1) is 6.92 Å². The van der Waals surface area contributed by atoms with E-state index in [4.69, 9.17) is 4.74 Å². The lowest BCUT2D eigenvalue weighted by atomic mass is 10.2. The second-order valence-corrected chi connectivity index (χ2v) is 6.67. The van der Waals surface area contributed by atoms with Gasteiger partial charge < -0.3 is 9.30 Å². The summed E-state index contributed by atoms with van der Waals surface area (Å²) in [6, 6.07) is 15.4. The van der Waals surface area contributed by atoms with E-state index < -0.39 is 0 Å². The topological polar surface area (TPSA) is 60.7 Å². The number of hydrogen-bond acceptors (Lipinski definition) is 4. The maximum absolute atomic E-state index is 12.3. The van der Waals surface area contributed by atoms with Crippen molar-refractivity contribution in [1.82, 2.24) is 4.57 Å². The number of carbonyl (C=O) groups excluding carboxylic acids is 2. The van der Waals surface area contributed by atoms with E-state index in [1.54, 1.807) is 10.6 Å². The van der Waals surface area contributed by atoms with Crippen molar-refractivity contribution in [2.24, 2.45) is 4.99 Å². The average Bonchev–Trinajstić information content (AvgIpc) is 2.99. The highest BCUT2D eigenvalue weighted by Crippen LogP contribution is 2.21. The van der Waals surface area contributed by atoms with Crippen LogP contribution in [-0.2, 0) is 20.9 Å². The van der Waals surface area contributed by atoms with Crippen molar-refractivity contribution in [2.45, 2.75) is 13.5 Å². The molecule has 1 heterocycles. The minimum atomic E-state index is -0.387. The molecule has 3 rings (SSSR count). The van der Waals surface area contributed by atoms with E-state index in [0.717, 1.165) is 21.3 Å². The van der Waals surface area contributed by atoms with Gasteiger partial charge in [-0.25, -0.2) is 0 Å². The van der Waals surface area contributed by atoms with Gasteiger partial charge in [-0.05, 0) is 30.2 Å². The van der Waals surface area contributed by atoms with Crippen LogP contribution in [0.1, 0.15) is 11.1 Å². The van der Waals surface area contributed by atoms with Crippen molar-refractivity contribution in [3.05, 3.63) is 70.5 Å². The van der Waals surface area contributed by atoms with E-state index >= 15 is 0 Å². The zero-order valence-electron chi connectivity index (χ0n) is 14.5. The highest BCUT2D eigenvalue weighted by atomic mass is 32.1. The maximum Gasteiger partial charge on any atom is 0.325 e. The first-order valence-corrected chi connectivity index (χ1v) is 8.87. The Kier molecular flexibility index (Phi) is 5.43. The molecule has 0 fully saturated rings. The van der Waals surface area contributed by atoms with E-state index in [0.29, 0.717) is 4.80 Å². The number of esters is 1. The van der Waals surface area contributed by atoms with Gasteiger partial charge in [0.25, 0.3) is 5.91 Å². The summed E-state index contributed by atoms with van der Waals surface area (Å²) in [5.74, 6) is -0.765. The lowest BCUT2D eigenvalue weighted by Crippen LogP contribution is -2.22. The summed E-state index contributed by atoms with van der Waals surface area (Å²) in [6.07, 6.45) is 3.14. The van der Waals surface area contributed by atoms with E-state index in [1.165, 1.54) is 24.5 Å². The van der Waals surface area contributed by atoms with Crippen LogP contribution in [0.15, 0.2) is 59.6 Å². The summed E-state index contributed by atoms with van der Waals surface area (Å²) in [5.41, 5.74) is 2.82. The number of methoxy groups -OCH3 is 1. The first kappa shape index (κ1) is 17.8. The van der Waals surface area contributed by atoms with Gasteiger partial charge in [-0.15, -0.1) is 0 Å². The molecular formula is C20H18N2O3S. The minimum Gasteiger partial charge on any atom is -0.468 e. The Morgan fingerprint density at radius 1 is 1.15 bits per heavy atom. The predicted molar refractivity (Wildman–Crippen MR) is 103 cm³/mol. The molecule has 132 valence electrons. The molecule has 5 nitrogen and oxygen atoms in total. The fraction of sp³-hybridized carbons (Fsp3) is 0.150. The van der Waals surface area contributed by atoms with Crippen LogP contribution in [-0.4, -0.2) is 23.6 Å². The summed E-state index contributed by atoms with van der Waals surface area (Å²) in [7, 11) is 1.34. The van der Waals surface area contributed by atoms with Crippen molar-refractivity contribution < 1.29 is 14.3 Å². The summed E-state index contributed by atoms with van der Waals surface area (Å²) in [5, 5.41) is 0. The van der Waals surface area contributed by atoms with Crippen LogP contribution in [0.5, 0.6) is 0 Å². The summed E-state index contributed by atoms with van der Waals surface area (Å²) >= 11 is 1.37. The molecule has 0 saturated carbocycles. The standard InChI is InChI=1S/C20H18N2O3S/c1-14-7-6-10-16-19(14)22(13-18(24)25-2)20(26-16)21-17(23)12-11-15-8-4-3-5-9-15/h3-12H,13H2,1-2H3/b12-11+,21-20?. The molecule has 0 saturated heterocycles. The number of benzene rings is 2. The van der Waals surface area contributed by atoms with Gasteiger partial charge in [0.1, 0.15) is 6.54 Å². The molecule has 0 spiro atoms. The maximum atomic E-state index is 12.3. The molecule has 0 bridgehead atoms. The van der Waals surface area contributed by atoms with Gasteiger partial charge in [0.2, 0.25) is 0 Å². The van der Waals surface area contributed by atoms with Gasteiger partial charge in [0.15, 0.2) is 4.80 Å². The second kappa shape index (κ2) is 7.93. The Labute approximate surface area is 154 Å². The number of fused-ring (bicyclic) bond motifs is 1. The number of para-hydroxylation sites is 1. The third-order valence-electron chi connectivity index (χ3n) is 3.84. The van der Waals surface area contributed by atoms with Gasteiger partial charge in [-0.2, -0.15) is 4.99 Å². The molecule has 1 amide bonds. The average molecular weight is 366 g/mol. The van der Waals surface area contributed by atoms with Gasteiger partial charge in [-0.3, -0.25) is 9.59 Å². The van der Waals surface area contributed by atoms with Crippen LogP contribution in [0.4, 0.5) is 0 Å². The number of ether oxygens (including phenoxy) is 1. The molecular weight excluding hydrogens is 348 g/mol. The Morgan fingerprint density at radius 3 is 2.65 bits per heavy atom. The molecule has 0 radical (unpaired) electrons. The molecule has 0 N–H and O–H groups in total. The molecule has 0 atom stereocenters. The van der Waals surface area contributed by atoms with Crippen LogP contribution < -0.4 is 4.80 Å². The fourth-order valence-corrected chi connectivity index (χ4v) is 3.71. The molecule has 0 aliphatic heterocycles. The lowest BCUT2D eigenvalue weighted by Gasteiger charge is -2.05. The van der Waals surface area contributed by atoms with Crippen LogP contribution in [0.2, 0.25) is 0 Å². The summed E-state index contributed by atoms with van der Waals surface area (Å²) < 4.78 is 7.48. The van der Waals surface area contributed by atoms with Crippen LogP contribution >= 0.6 is 11.3 Å². The summed E-state index contributed by atoms with van der Waals surface area (Å²) in [6.45, 7) is 1.97. The van der Waals surface area contributed by atoms with Gasteiger partial charge in [0, 0.05) is 6.08 Å². The van der Waals surface area contributed by atoms with Crippen LogP contribution in [0.25, 0.3) is 16.3 Å². The number of rotatable bonds is 4. The van der Waals surface area contributed by atoms with Crippen molar-refractivity contribution in [3.63, 3.8) is 0 Å². The Balaban J connectivity index is 2.03. The van der Waals surface area contributed by atoms with Crippen LogP contribution in [0.3, 0.4) is 0 Å². The Hall–Kier alpha value is -2.99. The molecule has 0 unspecified atom stereocenters. The SMILES string of the molecule is COC(=O)Cn1c(=NC(=O)/C=C/c2ccccc2)sc2cccc(C)c21. The van der Waals surface area contributed by atoms with Crippen molar-refractivity contribution in [1.29, 1.82) is 0 Å². The minimum absolute atomic E-state index is 0.00979. The molecule has 1 aromatic heterocycles. The highest BCUT2D eigenvalue weighted by molar-refractivity contribution is 7.16. The normalized spacial score (nSPS) is 12.0. The van der Waals surface area contributed by atoms with E-state index in [-0.39, 0.29) is 18.4 Å². The lowest BCUT2D eigenvalue weighted by molar-refractivity contribution is -0.141. The Morgan fingerprint density at radius 2 is 1.92 bits per heavy atom. The Bertz CT molecular complexity index is 1050. The quantitative estimate of drug-likeness (QED) is 0.526. The second-order valence-electron chi connectivity index (χ2n) is 5.66. The van der Waals surface area contributed by atoms with Crippen molar-refractivity contribution in [3.8, 4) is 0 Å². The first-order chi connectivity index (χ1) is 12.6.